The maximum atomic E-state index is 12.9. The van der Waals surface area contributed by atoms with Gasteiger partial charge < -0.3 is 10.5 Å². The lowest BCUT2D eigenvalue weighted by Crippen LogP contribution is -2.25. The highest BCUT2D eigenvalue weighted by Gasteiger charge is 2.23. The molecule has 0 unspecified atom stereocenters. The summed E-state index contributed by atoms with van der Waals surface area (Å²) in [5.74, 6) is -1.99. The van der Waals surface area contributed by atoms with E-state index in [2.05, 4.69) is 0 Å². The van der Waals surface area contributed by atoms with Crippen LogP contribution in [-0.2, 0) is 4.74 Å². The number of carbonyl (C=O) groups is 2. The first-order valence-electron chi connectivity index (χ1n) is 6.84. The minimum Gasteiger partial charge on any atom is -0.451 e. The molecule has 0 aliphatic heterocycles. The zero-order chi connectivity index (χ0) is 17.9. The van der Waals surface area contributed by atoms with E-state index in [1.807, 2.05) is 0 Å². The summed E-state index contributed by atoms with van der Waals surface area (Å²) in [5, 5.41) is 10.8. The van der Waals surface area contributed by atoms with Crippen LogP contribution in [0.3, 0.4) is 0 Å². The van der Waals surface area contributed by atoms with Crippen molar-refractivity contribution in [1.29, 1.82) is 0 Å². The number of rotatable bonds is 5. The number of benzene rings is 2. The molecular weight excluding hydrogens is 319 g/mol. The number of carbonyl (C=O) groups excluding carboxylic acids is 2. The van der Waals surface area contributed by atoms with Gasteiger partial charge in [-0.25, -0.2) is 9.18 Å². The molecule has 2 N–H and O–H groups in total. The third-order valence-electron chi connectivity index (χ3n) is 3.25. The second-order valence-corrected chi connectivity index (χ2v) is 4.95. The minimum absolute atomic E-state index is 0.00738. The molecule has 0 amide bonds. The average Bonchev–Trinajstić information content (AvgIpc) is 2.54. The number of non-ortho nitro benzene ring substituents is 1. The lowest BCUT2D eigenvalue weighted by atomic mass is 10.1. The Labute approximate surface area is 136 Å². The van der Waals surface area contributed by atoms with Gasteiger partial charge in [0.15, 0.2) is 6.10 Å². The maximum Gasteiger partial charge on any atom is 0.341 e. The average molecular weight is 332 g/mol. The van der Waals surface area contributed by atoms with Crippen LogP contribution in [0, 0.1) is 15.9 Å². The summed E-state index contributed by atoms with van der Waals surface area (Å²) in [6.45, 7) is 1.34. The third-order valence-corrected chi connectivity index (χ3v) is 3.25. The number of hydrogen-bond acceptors (Lipinski definition) is 6. The molecular formula is C16H13FN2O5. The molecule has 0 aliphatic rings. The van der Waals surface area contributed by atoms with E-state index < -0.39 is 28.6 Å². The van der Waals surface area contributed by atoms with E-state index in [1.165, 1.54) is 25.1 Å². The first kappa shape index (κ1) is 17.1. The van der Waals surface area contributed by atoms with E-state index in [-0.39, 0.29) is 22.5 Å². The highest BCUT2D eigenvalue weighted by Crippen LogP contribution is 2.21. The summed E-state index contributed by atoms with van der Waals surface area (Å²) in [6, 6.07) is 8.10. The number of Topliss-reactive ketones (excluding diaryl/α,β-unsaturated/α-hetero) is 1. The largest absolute Gasteiger partial charge is 0.451 e. The van der Waals surface area contributed by atoms with E-state index in [0.717, 1.165) is 24.3 Å². The Morgan fingerprint density at radius 2 is 1.83 bits per heavy atom. The summed E-state index contributed by atoms with van der Waals surface area (Å²) < 4.78 is 17.9. The van der Waals surface area contributed by atoms with Crippen molar-refractivity contribution in [1.82, 2.24) is 0 Å². The molecule has 0 radical (unpaired) electrons. The van der Waals surface area contributed by atoms with E-state index >= 15 is 0 Å². The number of nitro groups is 1. The molecule has 7 nitrogen and oxygen atoms in total. The molecule has 0 bridgehead atoms. The number of nitrogen functional groups attached to an aromatic ring is 1. The second-order valence-electron chi connectivity index (χ2n) is 4.95. The van der Waals surface area contributed by atoms with Crippen molar-refractivity contribution < 1.29 is 23.6 Å². The van der Waals surface area contributed by atoms with Crippen LogP contribution in [-0.4, -0.2) is 22.8 Å². The van der Waals surface area contributed by atoms with Gasteiger partial charge in [-0.2, -0.15) is 0 Å². The van der Waals surface area contributed by atoms with E-state index in [0.29, 0.717) is 0 Å². The van der Waals surface area contributed by atoms with Crippen LogP contribution < -0.4 is 5.73 Å². The van der Waals surface area contributed by atoms with Crippen molar-refractivity contribution >= 4 is 23.1 Å². The zero-order valence-electron chi connectivity index (χ0n) is 12.6. The number of nitrogens with two attached hydrogens (primary N) is 1. The molecule has 0 saturated carbocycles. The summed E-state index contributed by atoms with van der Waals surface area (Å²) in [7, 11) is 0. The number of hydrogen-bond donors (Lipinski definition) is 1. The Bertz CT molecular complexity index is 805. The van der Waals surface area contributed by atoms with Gasteiger partial charge in [-0.05, 0) is 37.3 Å². The highest BCUT2D eigenvalue weighted by molar-refractivity contribution is 6.02. The van der Waals surface area contributed by atoms with Gasteiger partial charge in [0.2, 0.25) is 5.78 Å². The molecule has 8 heteroatoms. The van der Waals surface area contributed by atoms with Crippen LogP contribution in [0.1, 0.15) is 27.6 Å². The minimum atomic E-state index is -1.17. The Morgan fingerprint density at radius 3 is 2.42 bits per heavy atom. The Balaban J connectivity index is 2.17. The Morgan fingerprint density at radius 1 is 1.21 bits per heavy atom. The summed E-state index contributed by atoms with van der Waals surface area (Å²) >= 11 is 0. The first-order valence-corrected chi connectivity index (χ1v) is 6.84. The molecule has 124 valence electrons. The van der Waals surface area contributed by atoms with Crippen LogP contribution >= 0.6 is 0 Å². The van der Waals surface area contributed by atoms with Gasteiger partial charge in [0.25, 0.3) is 5.69 Å². The summed E-state index contributed by atoms with van der Waals surface area (Å²) in [6.07, 6.45) is -1.17. The second kappa shape index (κ2) is 6.86. The van der Waals surface area contributed by atoms with Gasteiger partial charge >= 0.3 is 5.97 Å². The van der Waals surface area contributed by atoms with E-state index in [9.17, 15) is 24.1 Å². The van der Waals surface area contributed by atoms with Crippen molar-refractivity contribution in [2.24, 2.45) is 0 Å². The van der Waals surface area contributed by atoms with Crippen molar-refractivity contribution in [2.45, 2.75) is 13.0 Å². The molecule has 0 aliphatic carbocycles. The Kier molecular flexibility index (Phi) is 4.88. The number of nitro benzene ring substituents is 1. The SMILES string of the molecule is C[C@@H](OC(=O)c1cc([N+](=O)[O-])ccc1N)C(=O)c1ccc(F)cc1. The van der Waals surface area contributed by atoms with Gasteiger partial charge in [-0.1, -0.05) is 0 Å². The van der Waals surface area contributed by atoms with Crippen molar-refractivity contribution in [3.63, 3.8) is 0 Å². The fraction of sp³-hybridized carbons (Fsp3) is 0.125. The molecule has 0 saturated heterocycles. The predicted octanol–water partition coefficient (Wildman–Crippen LogP) is 2.74. The number of nitrogens with zero attached hydrogens (tertiary/aromatic N) is 1. The topological polar surface area (TPSA) is 113 Å². The van der Waals surface area contributed by atoms with Crippen molar-refractivity contribution in [2.75, 3.05) is 5.73 Å². The van der Waals surface area contributed by atoms with Crippen molar-refractivity contribution in [3.05, 3.63) is 69.5 Å². The van der Waals surface area contributed by atoms with Gasteiger partial charge in [-0.15, -0.1) is 0 Å². The standard InChI is InChI=1S/C16H13FN2O5/c1-9(15(20)10-2-4-11(17)5-3-10)24-16(21)13-8-12(19(22)23)6-7-14(13)18/h2-9H,18H2,1H3/t9-/m1/s1. The normalized spacial score (nSPS) is 11.6. The van der Waals surface area contributed by atoms with Gasteiger partial charge in [0.05, 0.1) is 10.5 Å². The Hall–Kier alpha value is -3.29. The monoisotopic (exact) mass is 332 g/mol. The quantitative estimate of drug-likeness (QED) is 0.296. The zero-order valence-corrected chi connectivity index (χ0v) is 12.6. The van der Waals surface area contributed by atoms with Crippen LogP contribution in [0.5, 0.6) is 0 Å². The van der Waals surface area contributed by atoms with Crippen molar-refractivity contribution in [3.8, 4) is 0 Å². The predicted molar refractivity (Wildman–Crippen MR) is 83.1 cm³/mol. The molecule has 2 aromatic rings. The molecule has 24 heavy (non-hydrogen) atoms. The number of halogens is 1. The highest BCUT2D eigenvalue weighted by atomic mass is 19.1. The number of ether oxygens (including phenoxy) is 1. The lowest BCUT2D eigenvalue weighted by molar-refractivity contribution is -0.384. The smallest absolute Gasteiger partial charge is 0.341 e. The van der Waals surface area contributed by atoms with Crippen LogP contribution in [0.4, 0.5) is 15.8 Å². The molecule has 2 aromatic carbocycles. The lowest BCUT2D eigenvalue weighted by Gasteiger charge is -2.13. The summed E-state index contributed by atoms with van der Waals surface area (Å²) in [5.41, 5.74) is 5.25. The number of esters is 1. The van der Waals surface area contributed by atoms with Crippen LogP contribution in [0.15, 0.2) is 42.5 Å². The maximum absolute atomic E-state index is 12.9. The van der Waals surface area contributed by atoms with Gasteiger partial charge in [-0.3, -0.25) is 14.9 Å². The van der Waals surface area contributed by atoms with Gasteiger partial charge in [0.1, 0.15) is 5.82 Å². The molecule has 0 aromatic heterocycles. The fourth-order valence-electron chi connectivity index (χ4n) is 1.96. The van der Waals surface area contributed by atoms with E-state index in [1.54, 1.807) is 0 Å². The number of anilines is 1. The van der Waals surface area contributed by atoms with Crippen LogP contribution in [0.25, 0.3) is 0 Å². The van der Waals surface area contributed by atoms with E-state index in [4.69, 9.17) is 10.5 Å². The molecule has 0 heterocycles. The number of ketones is 1. The third kappa shape index (κ3) is 3.72. The van der Waals surface area contributed by atoms with Gasteiger partial charge in [0, 0.05) is 23.4 Å². The fourth-order valence-corrected chi connectivity index (χ4v) is 1.96. The first-order chi connectivity index (χ1) is 11.3. The molecule has 2 rings (SSSR count). The summed E-state index contributed by atoms with van der Waals surface area (Å²) in [4.78, 5) is 34.3. The molecule has 1 atom stereocenters. The molecule has 0 spiro atoms. The molecule has 0 fully saturated rings. The van der Waals surface area contributed by atoms with Crippen LogP contribution in [0.2, 0.25) is 0 Å².